The van der Waals surface area contributed by atoms with E-state index in [2.05, 4.69) is 15.3 Å². The number of nitrogens with one attached hydrogen (secondary N) is 1. The Morgan fingerprint density at radius 3 is 2.75 bits per heavy atom. The van der Waals surface area contributed by atoms with Crippen molar-refractivity contribution in [1.82, 2.24) is 9.97 Å². The van der Waals surface area contributed by atoms with Gasteiger partial charge in [0.2, 0.25) is 5.88 Å². The van der Waals surface area contributed by atoms with Crippen molar-refractivity contribution in [3.05, 3.63) is 36.0 Å². The van der Waals surface area contributed by atoms with Gasteiger partial charge in [0.05, 0.1) is 12.8 Å². The van der Waals surface area contributed by atoms with E-state index in [-0.39, 0.29) is 0 Å². The van der Waals surface area contributed by atoms with Crippen molar-refractivity contribution in [2.24, 2.45) is 0 Å². The number of rotatable bonds is 4. The van der Waals surface area contributed by atoms with Gasteiger partial charge in [0.15, 0.2) is 5.82 Å². The zero-order valence-corrected chi connectivity index (χ0v) is 11.3. The van der Waals surface area contributed by atoms with Crippen molar-refractivity contribution < 1.29 is 14.6 Å². The lowest BCUT2D eigenvalue weighted by molar-refractivity contribution is 0.210. The Morgan fingerprint density at radius 1 is 1.35 bits per heavy atom. The second-order valence-electron chi connectivity index (χ2n) is 4.05. The molecule has 0 bridgehead atoms. The van der Waals surface area contributed by atoms with Gasteiger partial charge in [0, 0.05) is 17.3 Å². The number of para-hydroxylation sites is 1. The van der Waals surface area contributed by atoms with Gasteiger partial charge in [-0.2, -0.15) is 4.98 Å². The molecule has 2 rings (SSSR count). The first-order valence-corrected chi connectivity index (χ1v) is 6.15. The molecule has 104 valence electrons. The molecular formula is C14H15N3O3. The maximum absolute atomic E-state index is 10.8. The van der Waals surface area contributed by atoms with E-state index in [4.69, 9.17) is 9.84 Å². The number of carboxylic acid groups (broad SMARTS) is 1. The lowest BCUT2D eigenvalue weighted by Crippen LogP contribution is -2.09. The van der Waals surface area contributed by atoms with E-state index in [1.54, 1.807) is 30.3 Å². The predicted octanol–water partition coefficient (Wildman–Crippen LogP) is 2.80. The van der Waals surface area contributed by atoms with Crippen LogP contribution in [-0.2, 0) is 6.42 Å². The highest BCUT2D eigenvalue weighted by atomic mass is 16.5. The summed E-state index contributed by atoms with van der Waals surface area (Å²) in [6.45, 7) is 1.98. The monoisotopic (exact) mass is 273 g/mol. The van der Waals surface area contributed by atoms with Gasteiger partial charge in [-0.3, -0.25) is 5.32 Å². The number of carbonyl (C=O) groups is 1. The molecule has 0 aliphatic heterocycles. The van der Waals surface area contributed by atoms with Crippen LogP contribution in [0.2, 0.25) is 0 Å². The summed E-state index contributed by atoms with van der Waals surface area (Å²) in [4.78, 5) is 19.5. The topological polar surface area (TPSA) is 84.3 Å². The molecule has 0 radical (unpaired) electrons. The minimum atomic E-state index is -1.13. The molecule has 1 amide bonds. The number of nitrogens with zero attached hydrogens (tertiary/aromatic N) is 2. The van der Waals surface area contributed by atoms with Gasteiger partial charge in [-0.05, 0) is 18.6 Å². The van der Waals surface area contributed by atoms with Crippen LogP contribution >= 0.6 is 0 Å². The molecule has 1 aromatic heterocycles. The zero-order valence-electron chi connectivity index (χ0n) is 11.3. The van der Waals surface area contributed by atoms with Gasteiger partial charge >= 0.3 is 6.09 Å². The van der Waals surface area contributed by atoms with E-state index in [1.807, 2.05) is 6.92 Å². The van der Waals surface area contributed by atoms with Crippen molar-refractivity contribution >= 4 is 11.8 Å². The number of aryl methyl sites for hydroxylation is 1. The van der Waals surface area contributed by atoms with Crippen LogP contribution in [0.4, 0.5) is 10.5 Å². The Labute approximate surface area is 116 Å². The number of anilines is 1. The number of methoxy groups -OCH3 is 1. The van der Waals surface area contributed by atoms with E-state index in [0.717, 1.165) is 12.1 Å². The van der Waals surface area contributed by atoms with Crippen LogP contribution in [0.3, 0.4) is 0 Å². The van der Waals surface area contributed by atoms with Crippen LogP contribution in [-0.4, -0.2) is 28.3 Å². The molecule has 0 saturated heterocycles. The minimum Gasteiger partial charge on any atom is -0.481 e. The average molecular weight is 273 g/mol. The number of aromatic nitrogens is 2. The first kappa shape index (κ1) is 13.8. The summed E-state index contributed by atoms with van der Waals surface area (Å²) in [7, 11) is 1.53. The molecule has 0 atom stereocenters. The molecule has 2 N–H and O–H groups in total. The van der Waals surface area contributed by atoms with Crippen LogP contribution in [0, 0.1) is 0 Å². The molecule has 20 heavy (non-hydrogen) atoms. The molecule has 1 heterocycles. The average Bonchev–Trinajstić information content (AvgIpc) is 2.46. The van der Waals surface area contributed by atoms with Crippen LogP contribution in [0.5, 0.6) is 5.88 Å². The van der Waals surface area contributed by atoms with Crippen molar-refractivity contribution in [2.45, 2.75) is 13.3 Å². The Morgan fingerprint density at radius 2 is 2.10 bits per heavy atom. The van der Waals surface area contributed by atoms with Crippen molar-refractivity contribution in [1.29, 1.82) is 0 Å². The van der Waals surface area contributed by atoms with E-state index < -0.39 is 6.09 Å². The first-order valence-electron chi connectivity index (χ1n) is 6.15. The molecular weight excluding hydrogens is 258 g/mol. The Hall–Kier alpha value is -2.63. The molecule has 0 aliphatic carbocycles. The second kappa shape index (κ2) is 6.01. The van der Waals surface area contributed by atoms with Gasteiger partial charge in [-0.25, -0.2) is 9.78 Å². The fourth-order valence-corrected chi connectivity index (χ4v) is 1.78. The van der Waals surface area contributed by atoms with E-state index >= 15 is 0 Å². The molecule has 6 nitrogen and oxygen atoms in total. The number of amides is 1. The third-order valence-corrected chi connectivity index (χ3v) is 2.74. The van der Waals surface area contributed by atoms with Gasteiger partial charge in [-0.1, -0.05) is 19.1 Å². The SMILES string of the molecule is CCc1cc(OC)nc(-c2ccccc2NC(=O)O)n1. The molecule has 1 aromatic carbocycles. The first-order chi connectivity index (χ1) is 9.63. The lowest BCUT2D eigenvalue weighted by atomic mass is 10.1. The third-order valence-electron chi connectivity index (χ3n) is 2.74. The summed E-state index contributed by atoms with van der Waals surface area (Å²) in [5.41, 5.74) is 1.88. The Kier molecular flexibility index (Phi) is 4.14. The van der Waals surface area contributed by atoms with Crippen LogP contribution in [0.1, 0.15) is 12.6 Å². The zero-order chi connectivity index (χ0) is 14.5. The fourth-order valence-electron chi connectivity index (χ4n) is 1.78. The maximum atomic E-state index is 10.8. The molecule has 0 unspecified atom stereocenters. The Bertz CT molecular complexity index is 607. The largest absolute Gasteiger partial charge is 0.481 e. The second-order valence-corrected chi connectivity index (χ2v) is 4.05. The molecule has 0 spiro atoms. The number of hydrogen-bond donors (Lipinski definition) is 2. The van der Waals surface area contributed by atoms with E-state index in [9.17, 15) is 4.79 Å². The standard InChI is InChI=1S/C14H15N3O3/c1-3-9-8-12(20-2)17-13(15-9)10-6-4-5-7-11(10)16-14(18)19/h4-8,16H,3H2,1-2H3,(H,18,19). The third kappa shape index (κ3) is 3.03. The highest BCUT2D eigenvalue weighted by Crippen LogP contribution is 2.26. The summed E-state index contributed by atoms with van der Waals surface area (Å²) in [6.07, 6.45) is -0.392. The summed E-state index contributed by atoms with van der Waals surface area (Å²) in [5.74, 6) is 0.891. The maximum Gasteiger partial charge on any atom is 0.409 e. The predicted molar refractivity (Wildman–Crippen MR) is 75.0 cm³/mol. The molecule has 0 aliphatic rings. The normalized spacial score (nSPS) is 10.1. The van der Waals surface area contributed by atoms with Crippen LogP contribution < -0.4 is 10.1 Å². The van der Waals surface area contributed by atoms with Gasteiger partial charge in [0.1, 0.15) is 0 Å². The molecule has 0 saturated carbocycles. The molecule has 6 heteroatoms. The summed E-state index contributed by atoms with van der Waals surface area (Å²) >= 11 is 0. The summed E-state index contributed by atoms with van der Waals surface area (Å²) in [6, 6.07) is 8.74. The van der Waals surface area contributed by atoms with E-state index in [0.29, 0.717) is 23.0 Å². The fraction of sp³-hybridized carbons (Fsp3) is 0.214. The summed E-state index contributed by atoms with van der Waals surface area (Å²) < 4.78 is 5.15. The highest BCUT2D eigenvalue weighted by Gasteiger charge is 2.12. The number of benzene rings is 1. The number of hydrogen-bond acceptors (Lipinski definition) is 4. The van der Waals surface area contributed by atoms with Crippen LogP contribution in [0.15, 0.2) is 30.3 Å². The summed E-state index contributed by atoms with van der Waals surface area (Å²) in [5, 5.41) is 11.2. The highest BCUT2D eigenvalue weighted by molar-refractivity contribution is 5.89. The quantitative estimate of drug-likeness (QED) is 0.894. The lowest BCUT2D eigenvalue weighted by Gasteiger charge is -2.10. The molecule has 2 aromatic rings. The van der Waals surface area contributed by atoms with Crippen LogP contribution in [0.25, 0.3) is 11.4 Å². The van der Waals surface area contributed by atoms with Crippen molar-refractivity contribution in [3.8, 4) is 17.3 Å². The van der Waals surface area contributed by atoms with Gasteiger partial charge in [0.25, 0.3) is 0 Å². The van der Waals surface area contributed by atoms with Crippen molar-refractivity contribution in [3.63, 3.8) is 0 Å². The minimum absolute atomic E-state index is 0.436. The molecule has 0 fully saturated rings. The van der Waals surface area contributed by atoms with E-state index in [1.165, 1.54) is 7.11 Å². The van der Waals surface area contributed by atoms with Gasteiger partial charge < -0.3 is 9.84 Å². The van der Waals surface area contributed by atoms with Gasteiger partial charge in [-0.15, -0.1) is 0 Å². The smallest absolute Gasteiger partial charge is 0.409 e. The van der Waals surface area contributed by atoms with Crippen molar-refractivity contribution in [2.75, 3.05) is 12.4 Å². The number of ether oxygens (including phenoxy) is 1. The Balaban J connectivity index is 2.53.